The molecule has 4 rings (SSSR count). The van der Waals surface area contributed by atoms with Gasteiger partial charge in [0.1, 0.15) is 0 Å². The number of amides is 3. The first-order valence-corrected chi connectivity index (χ1v) is 13.4. The van der Waals surface area contributed by atoms with Crippen molar-refractivity contribution in [1.29, 1.82) is 0 Å². The maximum atomic E-state index is 12.7. The number of anilines is 3. The van der Waals surface area contributed by atoms with Crippen LogP contribution in [0.3, 0.4) is 0 Å². The molecule has 38 heavy (non-hydrogen) atoms. The molecule has 1 fully saturated rings. The van der Waals surface area contributed by atoms with Crippen LogP contribution in [0.25, 0.3) is 0 Å². The number of carbonyl (C=O) groups is 3. The molecule has 0 aliphatic heterocycles. The molecule has 1 aliphatic carbocycles. The summed E-state index contributed by atoms with van der Waals surface area (Å²) in [5, 5.41) is 12.2. The van der Waals surface area contributed by atoms with E-state index in [1.165, 1.54) is 6.42 Å². The first-order valence-electron chi connectivity index (χ1n) is 13.0. The fourth-order valence-electron chi connectivity index (χ4n) is 4.47. The van der Waals surface area contributed by atoms with Crippen molar-refractivity contribution in [3.8, 4) is 0 Å². The lowest BCUT2D eigenvalue weighted by atomic mass is 9.95. The number of aryl methyl sites for hydroxylation is 1. The lowest BCUT2D eigenvalue weighted by Gasteiger charge is -2.23. The van der Waals surface area contributed by atoms with Crippen LogP contribution in [0.15, 0.2) is 72.8 Å². The number of hydrogen-bond donors (Lipinski definition) is 4. The largest absolute Gasteiger partial charge is 0.376 e. The standard InChI is InChI=1S/C30H33ClN4O3/c31-27-17-16-25(19-26(27)30(38)35-23-9-5-2-6-10-23)34-29(37)20-32-22-12-14-24(15-13-22)33-28(36)18-11-21-7-3-1-4-8-21/h1,3-4,7-8,12-17,19,23,32H,2,5-6,9-11,18,20H2,(H,33,36)(H,34,37)(H,35,38). The Labute approximate surface area is 228 Å². The van der Waals surface area contributed by atoms with Gasteiger partial charge in [0.15, 0.2) is 0 Å². The van der Waals surface area contributed by atoms with Crippen molar-refractivity contribution in [2.45, 2.75) is 51.0 Å². The maximum absolute atomic E-state index is 12.7. The van der Waals surface area contributed by atoms with Crippen LogP contribution in [-0.4, -0.2) is 30.3 Å². The van der Waals surface area contributed by atoms with Crippen molar-refractivity contribution in [3.05, 3.63) is 88.9 Å². The Balaban J connectivity index is 1.22. The van der Waals surface area contributed by atoms with Crippen molar-refractivity contribution in [3.63, 3.8) is 0 Å². The van der Waals surface area contributed by atoms with E-state index in [1.54, 1.807) is 42.5 Å². The summed E-state index contributed by atoms with van der Waals surface area (Å²) in [5.41, 5.74) is 3.41. The number of carbonyl (C=O) groups excluding carboxylic acids is 3. The Morgan fingerprint density at radius 3 is 2.16 bits per heavy atom. The number of nitrogens with one attached hydrogen (secondary N) is 4. The van der Waals surface area contributed by atoms with Crippen molar-refractivity contribution in [2.75, 3.05) is 22.5 Å². The van der Waals surface area contributed by atoms with Gasteiger partial charge in [0.05, 0.1) is 17.1 Å². The van der Waals surface area contributed by atoms with Crippen LogP contribution in [0.5, 0.6) is 0 Å². The summed E-state index contributed by atoms with van der Waals surface area (Å²) < 4.78 is 0. The van der Waals surface area contributed by atoms with E-state index in [0.29, 0.717) is 34.8 Å². The van der Waals surface area contributed by atoms with Crippen molar-refractivity contribution < 1.29 is 14.4 Å². The molecular formula is C30H33ClN4O3. The van der Waals surface area contributed by atoms with Gasteiger partial charge in [-0.25, -0.2) is 0 Å². The van der Waals surface area contributed by atoms with Crippen LogP contribution in [0.4, 0.5) is 17.1 Å². The van der Waals surface area contributed by atoms with Crippen LogP contribution in [0.1, 0.15) is 54.4 Å². The molecule has 0 radical (unpaired) electrons. The maximum Gasteiger partial charge on any atom is 0.253 e. The van der Waals surface area contributed by atoms with Gasteiger partial charge in [-0.15, -0.1) is 0 Å². The molecule has 0 unspecified atom stereocenters. The second-order valence-electron chi connectivity index (χ2n) is 9.52. The second-order valence-corrected chi connectivity index (χ2v) is 9.92. The van der Waals surface area contributed by atoms with Gasteiger partial charge < -0.3 is 21.3 Å². The molecular weight excluding hydrogens is 500 g/mol. The Morgan fingerprint density at radius 1 is 0.763 bits per heavy atom. The molecule has 3 aromatic carbocycles. The van der Waals surface area contributed by atoms with Crippen LogP contribution in [0, 0.1) is 0 Å². The third-order valence-corrected chi connectivity index (χ3v) is 6.87. The first kappa shape index (κ1) is 27.2. The molecule has 0 bridgehead atoms. The molecule has 0 saturated heterocycles. The average Bonchev–Trinajstić information content (AvgIpc) is 2.93. The average molecular weight is 533 g/mol. The SMILES string of the molecule is O=C(CCc1ccccc1)Nc1ccc(NCC(=O)Nc2ccc(Cl)c(C(=O)NC3CCCCC3)c2)cc1. The van der Waals surface area contributed by atoms with Crippen molar-refractivity contribution in [2.24, 2.45) is 0 Å². The van der Waals surface area contributed by atoms with Gasteiger partial charge in [0, 0.05) is 29.5 Å². The molecule has 8 heteroatoms. The summed E-state index contributed by atoms with van der Waals surface area (Å²) in [6.45, 7) is 0.0367. The monoisotopic (exact) mass is 532 g/mol. The smallest absolute Gasteiger partial charge is 0.253 e. The van der Waals surface area contributed by atoms with E-state index in [4.69, 9.17) is 11.6 Å². The Kier molecular flexibility index (Phi) is 9.76. The summed E-state index contributed by atoms with van der Waals surface area (Å²) in [6.07, 6.45) is 6.49. The third kappa shape index (κ3) is 8.35. The van der Waals surface area contributed by atoms with Gasteiger partial charge in [-0.05, 0) is 67.3 Å². The molecule has 1 saturated carbocycles. The van der Waals surface area contributed by atoms with Gasteiger partial charge >= 0.3 is 0 Å². The topological polar surface area (TPSA) is 99.3 Å². The zero-order valence-corrected chi connectivity index (χ0v) is 22.0. The minimum Gasteiger partial charge on any atom is -0.376 e. The molecule has 0 aromatic heterocycles. The highest BCUT2D eigenvalue weighted by Gasteiger charge is 2.19. The fourth-order valence-corrected chi connectivity index (χ4v) is 4.68. The zero-order chi connectivity index (χ0) is 26.7. The van der Waals surface area contributed by atoms with Crippen LogP contribution in [-0.2, 0) is 16.0 Å². The predicted molar refractivity (Wildman–Crippen MR) is 153 cm³/mol. The minimum absolute atomic E-state index is 0.0367. The molecule has 0 heterocycles. The number of halogens is 1. The highest BCUT2D eigenvalue weighted by molar-refractivity contribution is 6.34. The van der Waals surface area contributed by atoms with Crippen LogP contribution >= 0.6 is 11.6 Å². The molecule has 198 valence electrons. The molecule has 4 N–H and O–H groups in total. The van der Waals surface area contributed by atoms with Gasteiger partial charge in [-0.3, -0.25) is 14.4 Å². The van der Waals surface area contributed by atoms with E-state index in [1.807, 2.05) is 30.3 Å². The normalized spacial score (nSPS) is 13.4. The molecule has 3 amide bonds. The molecule has 1 aliphatic rings. The van der Waals surface area contributed by atoms with Crippen LogP contribution in [0.2, 0.25) is 5.02 Å². The summed E-state index contributed by atoms with van der Waals surface area (Å²) in [6, 6.07) is 22.1. The third-order valence-electron chi connectivity index (χ3n) is 6.54. The number of benzene rings is 3. The summed E-state index contributed by atoms with van der Waals surface area (Å²) in [4.78, 5) is 37.5. The second kappa shape index (κ2) is 13.6. The van der Waals surface area contributed by atoms with Gasteiger partial charge in [-0.1, -0.05) is 61.2 Å². The lowest BCUT2D eigenvalue weighted by Crippen LogP contribution is -2.36. The van der Waals surface area contributed by atoms with E-state index < -0.39 is 0 Å². The Hall–Kier alpha value is -3.84. The fraction of sp³-hybridized carbons (Fsp3) is 0.300. The predicted octanol–water partition coefficient (Wildman–Crippen LogP) is 6.02. The van der Waals surface area contributed by atoms with Gasteiger partial charge in [0.25, 0.3) is 5.91 Å². The Morgan fingerprint density at radius 2 is 1.42 bits per heavy atom. The van der Waals surface area contributed by atoms with E-state index in [0.717, 1.165) is 36.9 Å². The summed E-state index contributed by atoms with van der Waals surface area (Å²) in [7, 11) is 0. The first-order chi connectivity index (χ1) is 18.5. The lowest BCUT2D eigenvalue weighted by molar-refractivity contribution is -0.116. The summed E-state index contributed by atoms with van der Waals surface area (Å²) in [5.74, 6) is -0.531. The highest BCUT2D eigenvalue weighted by Crippen LogP contribution is 2.23. The quantitative estimate of drug-likeness (QED) is 0.256. The van der Waals surface area contributed by atoms with E-state index in [2.05, 4.69) is 21.3 Å². The Bertz CT molecular complexity index is 1240. The molecule has 0 spiro atoms. The number of rotatable bonds is 10. The summed E-state index contributed by atoms with van der Waals surface area (Å²) >= 11 is 6.26. The molecule has 3 aromatic rings. The molecule has 0 atom stereocenters. The highest BCUT2D eigenvalue weighted by atomic mass is 35.5. The van der Waals surface area contributed by atoms with E-state index in [-0.39, 0.29) is 30.3 Å². The van der Waals surface area contributed by atoms with Gasteiger partial charge in [-0.2, -0.15) is 0 Å². The van der Waals surface area contributed by atoms with Gasteiger partial charge in [0.2, 0.25) is 11.8 Å². The van der Waals surface area contributed by atoms with Crippen molar-refractivity contribution in [1.82, 2.24) is 5.32 Å². The van der Waals surface area contributed by atoms with Crippen LogP contribution < -0.4 is 21.3 Å². The minimum atomic E-state index is -0.260. The zero-order valence-electron chi connectivity index (χ0n) is 21.3. The van der Waals surface area contributed by atoms with E-state index in [9.17, 15) is 14.4 Å². The molecule has 7 nitrogen and oxygen atoms in total. The van der Waals surface area contributed by atoms with E-state index >= 15 is 0 Å². The number of hydrogen-bond acceptors (Lipinski definition) is 4. The van der Waals surface area contributed by atoms with Crippen molar-refractivity contribution >= 4 is 46.4 Å².